The van der Waals surface area contributed by atoms with Gasteiger partial charge in [0.1, 0.15) is 5.82 Å². The van der Waals surface area contributed by atoms with Gasteiger partial charge in [-0.25, -0.2) is 4.39 Å². The number of aromatic nitrogens is 4. The Morgan fingerprint density at radius 1 is 1.23 bits per heavy atom. The SMILES string of the molecule is C=CC(=O)N1CCC1C(=O)Cc1ccc(F)c(CNc2nc(NC3CCOCC3)nc3c(C(C)C)cnn23)c1. The Balaban J connectivity index is 1.34. The van der Waals surface area contributed by atoms with Crippen LogP contribution < -0.4 is 10.6 Å². The summed E-state index contributed by atoms with van der Waals surface area (Å²) in [5, 5.41) is 11.1. The zero-order valence-electron chi connectivity index (χ0n) is 22.3. The zero-order chi connectivity index (χ0) is 27.5. The predicted octanol–water partition coefficient (Wildman–Crippen LogP) is 3.49. The van der Waals surface area contributed by atoms with Gasteiger partial charge in [0.15, 0.2) is 11.4 Å². The number of carbonyl (C=O) groups excluding carboxylic acids is 2. The Hall–Kier alpha value is -3.86. The molecule has 1 unspecified atom stereocenters. The van der Waals surface area contributed by atoms with Crippen LogP contribution in [0.1, 0.15) is 55.7 Å². The number of nitrogens with zero attached hydrogens (tertiary/aromatic N) is 5. The minimum absolute atomic E-state index is 0.0685. The molecule has 2 saturated heterocycles. The number of likely N-dealkylation sites (tertiary alicyclic amines) is 1. The highest BCUT2D eigenvalue weighted by Gasteiger charge is 2.36. The second kappa shape index (κ2) is 11.5. The summed E-state index contributed by atoms with van der Waals surface area (Å²) in [6.07, 6.45) is 5.48. The molecule has 206 valence electrons. The number of rotatable bonds is 10. The van der Waals surface area contributed by atoms with Crippen molar-refractivity contribution in [1.29, 1.82) is 0 Å². The fourth-order valence-electron chi connectivity index (χ4n) is 4.98. The molecule has 39 heavy (non-hydrogen) atoms. The lowest BCUT2D eigenvalue weighted by molar-refractivity contribution is -0.142. The number of halogens is 1. The first-order chi connectivity index (χ1) is 18.8. The first kappa shape index (κ1) is 26.7. The summed E-state index contributed by atoms with van der Waals surface area (Å²) < 4.78 is 21.9. The van der Waals surface area contributed by atoms with Gasteiger partial charge < -0.3 is 20.3 Å². The highest BCUT2D eigenvalue weighted by molar-refractivity contribution is 5.95. The van der Waals surface area contributed by atoms with Crippen molar-refractivity contribution < 1.29 is 18.7 Å². The van der Waals surface area contributed by atoms with Crippen molar-refractivity contribution >= 4 is 29.2 Å². The van der Waals surface area contributed by atoms with Crippen molar-refractivity contribution in [3.8, 4) is 0 Å². The van der Waals surface area contributed by atoms with Crippen molar-refractivity contribution in [2.75, 3.05) is 30.4 Å². The van der Waals surface area contributed by atoms with Crippen LogP contribution in [0.25, 0.3) is 5.65 Å². The van der Waals surface area contributed by atoms with E-state index in [9.17, 15) is 14.0 Å². The maximum Gasteiger partial charge on any atom is 0.246 e. The number of amides is 1. The van der Waals surface area contributed by atoms with Crippen molar-refractivity contribution in [3.63, 3.8) is 0 Å². The van der Waals surface area contributed by atoms with E-state index in [4.69, 9.17) is 9.72 Å². The molecule has 0 spiro atoms. The summed E-state index contributed by atoms with van der Waals surface area (Å²) >= 11 is 0. The summed E-state index contributed by atoms with van der Waals surface area (Å²) in [6, 6.07) is 4.41. The number of hydrogen-bond acceptors (Lipinski definition) is 8. The van der Waals surface area contributed by atoms with Gasteiger partial charge in [-0.3, -0.25) is 9.59 Å². The van der Waals surface area contributed by atoms with E-state index in [2.05, 4.69) is 41.1 Å². The molecule has 1 aromatic carbocycles. The third kappa shape index (κ3) is 5.78. The van der Waals surface area contributed by atoms with Gasteiger partial charge in [-0.2, -0.15) is 19.6 Å². The average molecular weight is 536 g/mol. The number of fused-ring (bicyclic) bond motifs is 1. The molecule has 1 amide bonds. The van der Waals surface area contributed by atoms with Gasteiger partial charge in [-0.15, -0.1) is 0 Å². The van der Waals surface area contributed by atoms with Crippen LogP contribution in [0.3, 0.4) is 0 Å². The average Bonchev–Trinajstić information content (AvgIpc) is 3.33. The maximum atomic E-state index is 14.8. The van der Waals surface area contributed by atoms with Gasteiger partial charge in [0.05, 0.1) is 12.2 Å². The maximum absolute atomic E-state index is 14.8. The van der Waals surface area contributed by atoms with Gasteiger partial charge >= 0.3 is 0 Å². The molecular weight excluding hydrogens is 501 g/mol. The van der Waals surface area contributed by atoms with Crippen LogP contribution in [-0.4, -0.2) is 68.0 Å². The van der Waals surface area contributed by atoms with Crippen LogP contribution >= 0.6 is 0 Å². The molecule has 2 fully saturated rings. The number of ketones is 1. The zero-order valence-corrected chi connectivity index (χ0v) is 22.3. The molecule has 2 aliphatic rings. The van der Waals surface area contributed by atoms with Crippen LogP contribution in [0.2, 0.25) is 0 Å². The monoisotopic (exact) mass is 535 g/mol. The minimum atomic E-state index is -0.451. The van der Waals surface area contributed by atoms with E-state index >= 15 is 0 Å². The lowest BCUT2D eigenvalue weighted by Gasteiger charge is -2.39. The molecule has 0 radical (unpaired) electrons. The first-order valence-electron chi connectivity index (χ1n) is 13.4. The number of Topliss-reactive ketones (excluding diaryl/α,β-unsaturated/α-hetero) is 1. The van der Waals surface area contributed by atoms with E-state index in [1.165, 1.54) is 17.0 Å². The Bertz CT molecular complexity index is 1380. The lowest BCUT2D eigenvalue weighted by Crippen LogP contribution is -2.55. The van der Waals surface area contributed by atoms with E-state index in [0.29, 0.717) is 54.9 Å². The Labute approximate surface area is 226 Å². The summed E-state index contributed by atoms with van der Waals surface area (Å²) in [4.78, 5) is 35.7. The number of carbonyl (C=O) groups is 2. The molecular formula is C28H34FN7O3. The minimum Gasteiger partial charge on any atom is -0.381 e. The third-order valence-electron chi connectivity index (χ3n) is 7.35. The normalized spacial score (nSPS) is 17.7. The molecule has 2 N–H and O–H groups in total. The second-order valence-electron chi connectivity index (χ2n) is 10.4. The molecule has 3 aromatic rings. The van der Waals surface area contributed by atoms with E-state index in [1.54, 1.807) is 22.8 Å². The third-order valence-corrected chi connectivity index (χ3v) is 7.35. The summed E-state index contributed by atoms with van der Waals surface area (Å²) in [5.41, 5.74) is 2.76. The number of nitrogens with one attached hydrogen (secondary N) is 2. The molecule has 2 aliphatic heterocycles. The van der Waals surface area contributed by atoms with E-state index in [0.717, 1.165) is 18.4 Å². The van der Waals surface area contributed by atoms with Crippen molar-refractivity contribution in [3.05, 3.63) is 59.6 Å². The number of benzene rings is 1. The van der Waals surface area contributed by atoms with E-state index < -0.39 is 6.04 Å². The second-order valence-corrected chi connectivity index (χ2v) is 10.4. The molecule has 0 saturated carbocycles. The van der Waals surface area contributed by atoms with Crippen LogP contribution in [0.5, 0.6) is 0 Å². The van der Waals surface area contributed by atoms with Crippen LogP contribution in [0, 0.1) is 5.82 Å². The van der Waals surface area contributed by atoms with E-state index in [-0.39, 0.29) is 42.4 Å². The molecule has 1 atom stereocenters. The van der Waals surface area contributed by atoms with Crippen molar-refractivity contribution in [2.45, 2.75) is 64.1 Å². The fraction of sp³-hybridized carbons (Fsp3) is 0.464. The molecule has 11 heteroatoms. The van der Waals surface area contributed by atoms with Gasteiger partial charge in [0.25, 0.3) is 0 Å². The molecule has 0 bridgehead atoms. The standard InChI is InChI=1S/C28H34FN7O3/c1-4-25(38)35-10-7-23(35)24(37)14-18-5-6-22(29)19(13-18)15-30-28-34-27(32-20-8-11-39-12-9-20)33-26-21(17(2)3)16-31-36(26)28/h4-6,13,16-17,20,23H,1,7-12,14-15H2,2-3H3,(H2,30,32,33,34). The number of anilines is 2. The quantitative estimate of drug-likeness (QED) is 0.380. The van der Waals surface area contributed by atoms with Gasteiger partial charge in [0.2, 0.25) is 17.8 Å². The first-order valence-corrected chi connectivity index (χ1v) is 13.4. The Morgan fingerprint density at radius 3 is 2.72 bits per heavy atom. The van der Waals surface area contributed by atoms with Gasteiger partial charge in [0, 0.05) is 49.9 Å². The van der Waals surface area contributed by atoms with Crippen molar-refractivity contribution in [1.82, 2.24) is 24.5 Å². The molecule has 4 heterocycles. The summed E-state index contributed by atoms with van der Waals surface area (Å²) in [7, 11) is 0. The largest absolute Gasteiger partial charge is 0.381 e. The van der Waals surface area contributed by atoms with Crippen molar-refractivity contribution in [2.24, 2.45) is 0 Å². The number of hydrogen-bond donors (Lipinski definition) is 2. The Morgan fingerprint density at radius 2 is 2.03 bits per heavy atom. The molecule has 2 aromatic heterocycles. The number of ether oxygens (including phenoxy) is 1. The molecule has 0 aliphatic carbocycles. The highest BCUT2D eigenvalue weighted by atomic mass is 19.1. The molecule has 10 nitrogen and oxygen atoms in total. The topological polar surface area (TPSA) is 114 Å². The summed E-state index contributed by atoms with van der Waals surface area (Å²) in [6.45, 7) is 9.72. The fourth-order valence-corrected chi connectivity index (χ4v) is 4.98. The Kier molecular flexibility index (Phi) is 7.87. The van der Waals surface area contributed by atoms with Crippen LogP contribution in [0.15, 0.2) is 37.1 Å². The lowest BCUT2D eigenvalue weighted by atomic mass is 9.93. The van der Waals surface area contributed by atoms with Gasteiger partial charge in [-0.1, -0.05) is 32.6 Å². The predicted molar refractivity (Wildman–Crippen MR) is 145 cm³/mol. The smallest absolute Gasteiger partial charge is 0.246 e. The van der Waals surface area contributed by atoms with E-state index in [1.807, 2.05) is 0 Å². The van der Waals surface area contributed by atoms with Crippen LogP contribution in [-0.2, 0) is 27.3 Å². The van der Waals surface area contributed by atoms with Crippen LogP contribution in [0.4, 0.5) is 16.3 Å². The summed E-state index contributed by atoms with van der Waals surface area (Å²) in [5.74, 6) is 0.431. The van der Waals surface area contributed by atoms with Gasteiger partial charge in [-0.05, 0) is 42.9 Å². The highest BCUT2D eigenvalue weighted by Crippen LogP contribution is 2.24. The molecule has 5 rings (SSSR count).